The Kier molecular flexibility index (Phi) is 6.28. The lowest BCUT2D eigenvalue weighted by Crippen LogP contribution is -2.43. The lowest BCUT2D eigenvalue weighted by Gasteiger charge is -2.09. The molecule has 0 atom stereocenters. The Balaban J connectivity index is 1.82. The monoisotopic (exact) mass is 392 g/mol. The molecule has 0 aliphatic heterocycles. The summed E-state index contributed by atoms with van der Waals surface area (Å²) in [5.41, 5.74) is 9.82. The molecule has 0 aliphatic rings. The summed E-state index contributed by atoms with van der Waals surface area (Å²) in [6.45, 7) is -0.665. The van der Waals surface area contributed by atoms with Gasteiger partial charge in [0, 0.05) is 28.4 Å². The van der Waals surface area contributed by atoms with E-state index in [1.165, 1.54) is 30.3 Å². The molecule has 0 unspecified atom stereocenters. The first-order chi connectivity index (χ1) is 12.8. The normalized spacial score (nSPS) is 9.96. The van der Waals surface area contributed by atoms with E-state index in [-0.39, 0.29) is 22.5 Å². The number of nitrogens with zero attached hydrogens (tertiary/aromatic N) is 1. The number of nitro groups is 1. The number of non-ortho nitro benzene ring substituents is 1. The molecular weight excluding hydrogens is 380 g/mol. The van der Waals surface area contributed by atoms with E-state index in [4.69, 9.17) is 22.1 Å². The highest BCUT2D eigenvalue weighted by molar-refractivity contribution is 6.31. The van der Waals surface area contributed by atoms with Gasteiger partial charge in [0.25, 0.3) is 17.5 Å². The molecule has 2 aromatic carbocycles. The van der Waals surface area contributed by atoms with Crippen molar-refractivity contribution >= 4 is 40.8 Å². The third-order valence-corrected chi connectivity index (χ3v) is 3.46. The summed E-state index contributed by atoms with van der Waals surface area (Å²) in [6.07, 6.45) is 0. The second-order valence-electron chi connectivity index (χ2n) is 5.11. The van der Waals surface area contributed by atoms with E-state index in [0.29, 0.717) is 5.02 Å². The second-order valence-corrected chi connectivity index (χ2v) is 5.55. The maximum Gasteiger partial charge on any atom is 0.340 e. The van der Waals surface area contributed by atoms with E-state index in [9.17, 15) is 24.5 Å². The number of amides is 2. The Morgan fingerprint density at radius 3 is 2.37 bits per heavy atom. The van der Waals surface area contributed by atoms with Crippen molar-refractivity contribution in [3.63, 3.8) is 0 Å². The standard InChI is InChI=1S/C16H13ClN4O6/c17-10-3-6-12(13(18)7-10)16(24)27-8-14(22)19-20-15(23)9-1-4-11(5-2-9)21(25)26/h1-7H,8,18H2,(H,19,22)(H,20,23). The third-order valence-electron chi connectivity index (χ3n) is 3.22. The van der Waals surface area contributed by atoms with Crippen LogP contribution in [0.2, 0.25) is 5.02 Å². The van der Waals surface area contributed by atoms with Crippen LogP contribution in [0, 0.1) is 10.1 Å². The molecule has 10 nitrogen and oxygen atoms in total. The number of hydrogen-bond acceptors (Lipinski definition) is 7. The van der Waals surface area contributed by atoms with E-state index < -0.39 is 29.3 Å². The maximum absolute atomic E-state index is 11.9. The molecule has 2 rings (SSSR count). The average molecular weight is 393 g/mol. The molecular formula is C16H13ClN4O6. The van der Waals surface area contributed by atoms with E-state index in [0.717, 1.165) is 12.1 Å². The van der Waals surface area contributed by atoms with E-state index in [2.05, 4.69) is 5.43 Å². The summed E-state index contributed by atoms with van der Waals surface area (Å²) in [5.74, 6) is -2.33. The quantitative estimate of drug-likeness (QED) is 0.301. The Morgan fingerprint density at radius 2 is 1.78 bits per heavy atom. The highest BCUT2D eigenvalue weighted by Gasteiger charge is 2.14. The van der Waals surface area contributed by atoms with Crippen LogP contribution in [-0.4, -0.2) is 29.3 Å². The summed E-state index contributed by atoms with van der Waals surface area (Å²) >= 11 is 5.72. The van der Waals surface area contributed by atoms with Crippen molar-refractivity contribution in [3.05, 3.63) is 68.7 Å². The van der Waals surface area contributed by atoms with Gasteiger partial charge in [-0.15, -0.1) is 0 Å². The number of halogens is 1. The Morgan fingerprint density at radius 1 is 1.11 bits per heavy atom. The highest BCUT2D eigenvalue weighted by Crippen LogP contribution is 2.18. The Hall–Kier alpha value is -3.66. The molecule has 27 heavy (non-hydrogen) atoms. The lowest BCUT2D eigenvalue weighted by atomic mass is 10.2. The van der Waals surface area contributed by atoms with Crippen molar-refractivity contribution in [2.45, 2.75) is 0 Å². The van der Waals surface area contributed by atoms with Gasteiger partial charge in [-0.2, -0.15) is 0 Å². The smallest absolute Gasteiger partial charge is 0.340 e. The molecule has 0 spiro atoms. The molecule has 0 aromatic heterocycles. The molecule has 0 fully saturated rings. The van der Waals surface area contributed by atoms with Crippen LogP contribution >= 0.6 is 11.6 Å². The summed E-state index contributed by atoms with van der Waals surface area (Å²) in [7, 11) is 0. The molecule has 0 radical (unpaired) electrons. The minimum atomic E-state index is -0.832. The van der Waals surface area contributed by atoms with Gasteiger partial charge in [0.2, 0.25) is 0 Å². The molecule has 0 saturated carbocycles. The molecule has 11 heteroatoms. The molecule has 0 saturated heterocycles. The predicted molar refractivity (Wildman–Crippen MR) is 94.9 cm³/mol. The molecule has 4 N–H and O–H groups in total. The number of anilines is 1. The van der Waals surface area contributed by atoms with Crippen molar-refractivity contribution in [1.29, 1.82) is 0 Å². The van der Waals surface area contributed by atoms with Crippen molar-refractivity contribution in [1.82, 2.24) is 10.9 Å². The Labute approximate surface area is 157 Å². The number of nitro benzene ring substituents is 1. The SMILES string of the molecule is Nc1cc(Cl)ccc1C(=O)OCC(=O)NNC(=O)c1ccc([N+](=O)[O-])cc1. The van der Waals surface area contributed by atoms with Crippen LogP contribution in [0.4, 0.5) is 11.4 Å². The van der Waals surface area contributed by atoms with Gasteiger partial charge in [-0.3, -0.25) is 30.6 Å². The predicted octanol–water partition coefficient (Wildman–Crippen LogP) is 1.45. The number of nitrogens with one attached hydrogen (secondary N) is 2. The van der Waals surface area contributed by atoms with Gasteiger partial charge in [-0.1, -0.05) is 11.6 Å². The first-order valence-electron chi connectivity index (χ1n) is 7.33. The number of carbonyl (C=O) groups is 3. The van der Waals surface area contributed by atoms with E-state index >= 15 is 0 Å². The van der Waals surface area contributed by atoms with Crippen LogP contribution < -0.4 is 16.6 Å². The average Bonchev–Trinajstić information content (AvgIpc) is 2.64. The topological polar surface area (TPSA) is 154 Å². The first kappa shape index (κ1) is 19.7. The summed E-state index contributed by atoms with van der Waals surface area (Å²) in [4.78, 5) is 45.3. The lowest BCUT2D eigenvalue weighted by molar-refractivity contribution is -0.384. The number of nitrogens with two attached hydrogens (primary N) is 1. The molecule has 0 heterocycles. The highest BCUT2D eigenvalue weighted by atomic mass is 35.5. The minimum Gasteiger partial charge on any atom is -0.452 e. The number of nitrogen functional groups attached to an aromatic ring is 1. The number of ether oxygens (including phenoxy) is 1. The van der Waals surface area contributed by atoms with Gasteiger partial charge in [-0.25, -0.2) is 4.79 Å². The summed E-state index contributed by atoms with van der Waals surface area (Å²) in [5, 5.41) is 10.9. The number of hydrogen-bond donors (Lipinski definition) is 3. The van der Waals surface area contributed by atoms with Gasteiger partial charge in [0.15, 0.2) is 6.61 Å². The zero-order chi connectivity index (χ0) is 20.0. The van der Waals surface area contributed by atoms with Crippen LogP contribution in [0.5, 0.6) is 0 Å². The van der Waals surface area contributed by atoms with Gasteiger partial charge < -0.3 is 10.5 Å². The van der Waals surface area contributed by atoms with Crippen molar-refractivity contribution in [3.8, 4) is 0 Å². The van der Waals surface area contributed by atoms with E-state index in [1.807, 2.05) is 5.43 Å². The number of esters is 1. The molecule has 2 aromatic rings. The van der Waals surface area contributed by atoms with Gasteiger partial charge >= 0.3 is 5.97 Å². The number of rotatable bonds is 5. The minimum absolute atomic E-state index is 0.0436. The fourth-order valence-electron chi connectivity index (χ4n) is 1.90. The van der Waals surface area contributed by atoms with Gasteiger partial charge in [0.05, 0.1) is 10.5 Å². The third kappa shape index (κ3) is 5.41. The first-order valence-corrected chi connectivity index (χ1v) is 7.71. The zero-order valence-corrected chi connectivity index (χ0v) is 14.4. The molecule has 140 valence electrons. The number of hydrazine groups is 1. The summed E-state index contributed by atoms with van der Waals surface area (Å²) < 4.78 is 4.79. The fraction of sp³-hybridized carbons (Fsp3) is 0.0625. The van der Waals surface area contributed by atoms with Crippen molar-refractivity contribution in [2.75, 3.05) is 12.3 Å². The summed E-state index contributed by atoms with van der Waals surface area (Å²) in [6, 6.07) is 8.91. The van der Waals surface area contributed by atoms with Crippen LogP contribution in [0.1, 0.15) is 20.7 Å². The molecule has 0 aliphatic carbocycles. The second kappa shape index (κ2) is 8.63. The van der Waals surface area contributed by atoms with Crippen LogP contribution in [0.15, 0.2) is 42.5 Å². The number of benzene rings is 2. The van der Waals surface area contributed by atoms with Gasteiger partial charge in [0.1, 0.15) is 0 Å². The van der Waals surface area contributed by atoms with Crippen LogP contribution in [-0.2, 0) is 9.53 Å². The maximum atomic E-state index is 11.9. The van der Waals surface area contributed by atoms with Gasteiger partial charge in [-0.05, 0) is 30.3 Å². The van der Waals surface area contributed by atoms with Crippen molar-refractivity contribution in [2.24, 2.45) is 0 Å². The van der Waals surface area contributed by atoms with Crippen molar-refractivity contribution < 1.29 is 24.0 Å². The number of carbonyl (C=O) groups excluding carboxylic acids is 3. The fourth-order valence-corrected chi connectivity index (χ4v) is 2.08. The zero-order valence-electron chi connectivity index (χ0n) is 13.6. The largest absolute Gasteiger partial charge is 0.452 e. The molecule has 2 amide bonds. The van der Waals surface area contributed by atoms with Crippen LogP contribution in [0.25, 0.3) is 0 Å². The Bertz CT molecular complexity index is 900. The van der Waals surface area contributed by atoms with Crippen LogP contribution in [0.3, 0.4) is 0 Å². The molecule has 0 bridgehead atoms. The van der Waals surface area contributed by atoms with E-state index in [1.54, 1.807) is 0 Å².